The molecule has 0 radical (unpaired) electrons. The Kier molecular flexibility index (Phi) is 8.31. The van der Waals surface area contributed by atoms with Crippen LogP contribution in [0.25, 0.3) is 0 Å². The lowest BCUT2D eigenvalue weighted by Crippen LogP contribution is -2.51. The Balaban J connectivity index is 2.52. The maximum absolute atomic E-state index is 12.7. The first-order valence-electron chi connectivity index (χ1n) is 11.7. The number of rotatable bonds is 7. The third-order valence-corrected chi connectivity index (χ3v) is 16.3. The Hall–Kier alpha value is -1.54. The van der Waals surface area contributed by atoms with Crippen molar-refractivity contribution < 1.29 is 23.1 Å². The molecule has 1 aliphatic rings. The van der Waals surface area contributed by atoms with Gasteiger partial charge in [0.15, 0.2) is 29.0 Å². The van der Waals surface area contributed by atoms with Crippen molar-refractivity contribution in [1.29, 1.82) is 0 Å². The van der Waals surface area contributed by atoms with E-state index in [1.54, 1.807) is 0 Å². The Labute approximate surface area is 204 Å². The van der Waals surface area contributed by atoms with Gasteiger partial charge in [-0.05, 0) is 36.3 Å². The minimum Gasteiger partial charge on any atom is -0.457 e. The van der Waals surface area contributed by atoms with Crippen molar-refractivity contribution in [2.24, 2.45) is 0 Å². The van der Waals surface area contributed by atoms with Crippen molar-refractivity contribution in [2.75, 3.05) is 6.61 Å². The number of aromatic nitrogens is 2. The number of hydrogen-bond donors (Lipinski definition) is 1. The second kappa shape index (κ2) is 9.84. The minimum atomic E-state index is -2.38. The van der Waals surface area contributed by atoms with Gasteiger partial charge in [0.1, 0.15) is 12.2 Å². The van der Waals surface area contributed by atoms with Gasteiger partial charge in [-0.1, -0.05) is 41.5 Å². The third kappa shape index (κ3) is 6.36. The van der Waals surface area contributed by atoms with Gasteiger partial charge in [0, 0.05) is 19.2 Å². The first-order valence-corrected chi connectivity index (χ1v) is 17.5. The summed E-state index contributed by atoms with van der Waals surface area (Å²) in [5, 5.41) is -0.154. The average Bonchev–Trinajstić information content (AvgIpc) is 2.94. The molecule has 194 valence electrons. The number of carbonyl (C=O) groups is 1. The molecule has 0 bridgehead atoms. The fourth-order valence-electron chi connectivity index (χ4n) is 3.18. The maximum Gasteiger partial charge on any atom is 0.330 e. The highest BCUT2D eigenvalue weighted by Gasteiger charge is 2.53. The lowest BCUT2D eigenvalue weighted by atomic mass is 10.1. The number of aromatic amines is 1. The van der Waals surface area contributed by atoms with Gasteiger partial charge in [0.2, 0.25) is 0 Å². The summed E-state index contributed by atoms with van der Waals surface area (Å²) in [7, 11) is -4.50. The molecular formula is C23H42N2O7Si2. The monoisotopic (exact) mass is 514 g/mol. The third-order valence-electron chi connectivity index (χ3n) is 7.36. The molecule has 1 aromatic heterocycles. The van der Waals surface area contributed by atoms with Crippen LogP contribution in [0.2, 0.25) is 36.3 Å². The topological polar surface area (TPSA) is 109 Å². The van der Waals surface area contributed by atoms with E-state index < -0.39 is 58.4 Å². The van der Waals surface area contributed by atoms with Crippen LogP contribution in [-0.2, 0) is 23.1 Å². The van der Waals surface area contributed by atoms with E-state index in [9.17, 15) is 14.4 Å². The standard InChI is InChI=1S/C23H42N2O7Si2/c1-15(26)30-18-16(14-29-33(8,9)22(2,3)4)31-20(25-13-12-17(27)24-21(25)28)19(18)32-34(10,11)23(5,6)7/h12-13,16,18-20H,14H2,1-11H3,(H,24,27,28)/t16-,18+,19-,20-/m1/s1. The molecule has 11 heteroatoms. The van der Waals surface area contributed by atoms with Gasteiger partial charge in [0.25, 0.3) is 5.56 Å². The molecule has 0 spiro atoms. The molecule has 1 fully saturated rings. The number of hydrogen-bond acceptors (Lipinski definition) is 7. The van der Waals surface area contributed by atoms with E-state index in [1.165, 1.54) is 23.8 Å². The highest BCUT2D eigenvalue weighted by atomic mass is 28.4. The number of ether oxygens (including phenoxy) is 2. The number of esters is 1. The highest BCUT2D eigenvalue weighted by Crippen LogP contribution is 2.43. The number of H-pyrrole nitrogens is 1. The zero-order valence-corrected chi connectivity index (χ0v) is 24.5. The van der Waals surface area contributed by atoms with Crippen molar-refractivity contribution in [3.05, 3.63) is 33.1 Å². The van der Waals surface area contributed by atoms with Crippen LogP contribution in [0.1, 0.15) is 54.7 Å². The zero-order chi connectivity index (χ0) is 26.3. The molecule has 2 rings (SSSR count). The zero-order valence-electron chi connectivity index (χ0n) is 22.5. The van der Waals surface area contributed by atoms with Crippen LogP contribution in [-0.4, -0.2) is 57.1 Å². The van der Waals surface area contributed by atoms with E-state index >= 15 is 0 Å². The molecule has 9 nitrogen and oxygen atoms in total. The lowest BCUT2D eigenvalue weighted by molar-refractivity contribution is -0.153. The van der Waals surface area contributed by atoms with Gasteiger partial charge in [-0.15, -0.1) is 0 Å². The minimum absolute atomic E-state index is 0.0190. The summed E-state index contributed by atoms with van der Waals surface area (Å²) in [6, 6.07) is 1.26. The van der Waals surface area contributed by atoms with E-state index in [-0.39, 0.29) is 16.7 Å². The molecular weight excluding hydrogens is 472 g/mol. The van der Waals surface area contributed by atoms with Gasteiger partial charge in [-0.2, -0.15) is 0 Å². The Morgan fingerprint density at radius 3 is 2.06 bits per heavy atom. The summed E-state index contributed by atoms with van der Waals surface area (Å²) in [6.07, 6.45) is -1.68. The quantitative estimate of drug-likeness (QED) is 0.436. The van der Waals surface area contributed by atoms with E-state index in [0.29, 0.717) is 0 Å². The summed E-state index contributed by atoms with van der Waals surface area (Å²) in [5.74, 6) is -0.468. The predicted octanol–water partition coefficient (Wildman–Crippen LogP) is 3.78. The summed E-state index contributed by atoms with van der Waals surface area (Å²) >= 11 is 0. The Morgan fingerprint density at radius 2 is 1.59 bits per heavy atom. The molecule has 0 aromatic carbocycles. The first-order chi connectivity index (χ1) is 15.3. The second-order valence-corrected chi connectivity index (χ2v) is 21.6. The van der Waals surface area contributed by atoms with Crippen LogP contribution < -0.4 is 11.2 Å². The second-order valence-electron chi connectivity index (χ2n) is 12.1. The molecule has 1 N–H and O–H groups in total. The average molecular weight is 515 g/mol. The van der Waals surface area contributed by atoms with Crippen molar-refractivity contribution in [3.8, 4) is 0 Å². The van der Waals surface area contributed by atoms with Crippen LogP contribution >= 0.6 is 0 Å². The molecule has 1 aromatic rings. The van der Waals surface area contributed by atoms with Gasteiger partial charge < -0.3 is 18.3 Å². The predicted molar refractivity (Wildman–Crippen MR) is 136 cm³/mol. The molecule has 2 heterocycles. The van der Waals surface area contributed by atoms with E-state index in [1.807, 2.05) is 0 Å². The van der Waals surface area contributed by atoms with Crippen LogP contribution in [0.3, 0.4) is 0 Å². The maximum atomic E-state index is 12.7. The normalized spacial score (nSPS) is 24.3. The highest BCUT2D eigenvalue weighted by molar-refractivity contribution is 6.74. The van der Waals surface area contributed by atoms with Crippen LogP contribution in [0, 0.1) is 0 Å². The van der Waals surface area contributed by atoms with E-state index in [4.69, 9.17) is 18.3 Å². The van der Waals surface area contributed by atoms with Crippen LogP contribution in [0.5, 0.6) is 0 Å². The smallest absolute Gasteiger partial charge is 0.330 e. The number of nitrogens with one attached hydrogen (secondary N) is 1. The summed E-state index contributed by atoms with van der Waals surface area (Å²) in [6.45, 7) is 22.7. The number of nitrogens with zero attached hydrogens (tertiary/aromatic N) is 1. The molecule has 4 atom stereocenters. The Morgan fingerprint density at radius 1 is 1.03 bits per heavy atom. The first kappa shape index (κ1) is 28.7. The van der Waals surface area contributed by atoms with Gasteiger partial charge >= 0.3 is 11.7 Å². The fraction of sp³-hybridized carbons (Fsp3) is 0.783. The van der Waals surface area contributed by atoms with Gasteiger partial charge in [-0.25, -0.2) is 4.79 Å². The largest absolute Gasteiger partial charge is 0.457 e. The van der Waals surface area contributed by atoms with E-state index in [0.717, 1.165) is 0 Å². The van der Waals surface area contributed by atoms with Crippen LogP contribution in [0.15, 0.2) is 21.9 Å². The molecule has 0 saturated carbocycles. The number of carbonyl (C=O) groups excluding carboxylic acids is 1. The van der Waals surface area contributed by atoms with Crippen LogP contribution in [0.4, 0.5) is 0 Å². The van der Waals surface area contributed by atoms with Crippen molar-refractivity contribution in [3.63, 3.8) is 0 Å². The Bertz CT molecular complexity index is 989. The fourth-order valence-corrected chi connectivity index (χ4v) is 5.48. The van der Waals surface area contributed by atoms with Gasteiger partial charge in [0.05, 0.1) is 6.61 Å². The molecule has 1 saturated heterocycles. The molecule has 0 amide bonds. The van der Waals surface area contributed by atoms with Gasteiger partial charge in [-0.3, -0.25) is 19.1 Å². The van der Waals surface area contributed by atoms with Crippen molar-refractivity contribution >= 4 is 22.6 Å². The summed E-state index contributed by atoms with van der Waals surface area (Å²) < 4.78 is 26.5. The molecule has 0 unspecified atom stereocenters. The molecule has 0 aliphatic carbocycles. The lowest BCUT2D eigenvalue weighted by Gasteiger charge is -2.40. The molecule has 34 heavy (non-hydrogen) atoms. The summed E-state index contributed by atoms with van der Waals surface area (Å²) in [5.41, 5.74) is -1.12. The molecule has 1 aliphatic heterocycles. The van der Waals surface area contributed by atoms with Crippen molar-refractivity contribution in [1.82, 2.24) is 9.55 Å². The SMILES string of the molecule is CC(=O)O[C@@H]1[C@@H](O[Si](C)(C)C(C)(C)C)[C@H](n2ccc(=O)[nH]c2=O)O[C@@H]1CO[Si](C)(C)C(C)(C)C. The van der Waals surface area contributed by atoms with E-state index in [2.05, 4.69) is 72.7 Å². The summed E-state index contributed by atoms with van der Waals surface area (Å²) in [4.78, 5) is 38.7. The van der Waals surface area contributed by atoms with Crippen molar-refractivity contribution in [2.45, 2.75) is 109 Å².